The molecule has 3 nitrogen and oxygen atoms in total. The summed E-state index contributed by atoms with van der Waals surface area (Å²) in [6, 6.07) is 4.14. The van der Waals surface area contributed by atoms with Gasteiger partial charge in [0.05, 0.1) is 6.54 Å². The van der Waals surface area contributed by atoms with E-state index in [0.29, 0.717) is 0 Å². The van der Waals surface area contributed by atoms with Crippen LogP contribution in [0.15, 0.2) is 35.2 Å². The molecule has 0 spiro atoms. The second kappa shape index (κ2) is 8.72. The highest BCUT2D eigenvalue weighted by atomic mass is 127. The van der Waals surface area contributed by atoms with Crippen LogP contribution in [0.25, 0.3) is 0 Å². The predicted molar refractivity (Wildman–Crippen MR) is 78.1 cm³/mol. The van der Waals surface area contributed by atoms with Gasteiger partial charge in [0.2, 0.25) is 0 Å². The van der Waals surface area contributed by atoms with E-state index in [1.165, 1.54) is 4.88 Å². The molecule has 0 unspecified atom stereocenters. The van der Waals surface area contributed by atoms with Gasteiger partial charge in [0.15, 0.2) is 5.96 Å². The highest BCUT2D eigenvalue weighted by Crippen LogP contribution is 2.06. The van der Waals surface area contributed by atoms with Crippen molar-refractivity contribution < 1.29 is 0 Å². The molecule has 0 aliphatic rings. The van der Waals surface area contributed by atoms with E-state index in [9.17, 15) is 0 Å². The van der Waals surface area contributed by atoms with Crippen LogP contribution >= 0.6 is 35.3 Å². The van der Waals surface area contributed by atoms with Gasteiger partial charge >= 0.3 is 0 Å². The minimum Gasteiger partial charge on any atom is -0.353 e. The lowest BCUT2D eigenvalue weighted by atomic mass is 10.5. The average Bonchev–Trinajstić information content (AvgIpc) is 2.71. The maximum absolute atomic E-state index is 4.08. The van der Waals surface area contributed by atoms with E-state index in [-0.39, 0.29) is 24.0 Å². The smallest absolute Gasteiger partial charge is 0.191 e. The molecule has 0 aromatic carbocycles. The summed E-state index contributed by atoms with van der Waals surface area (Å²) in [5, 5.41) is 8.38. The molecule has 0 atom stereocenters. The standard InChI is InChI=1S/C10H15N3S.HI/c1-3-6-12-10(11-2)13-8-9-5-4-7-14-9;/h3-5,7H,1,6,8H2,2H3,(H2,11,12,13);1H. The molecule has 0 radical (unpaired) electrons. The van der Waals surface area contributed by atoms with Crippen molar-refractivity contribution >= 4 is 41.3 Å². The Hall–Kier alpha value is -0.560. The summed E-state index contributed by atoms with van der Waals surface area (Å²) in [6.45, 7) is 5.17. The number of halogens is 1. The maximum Gasteiger partial charge on any atom is 0.191 e. The SMILES string of the molecule is C=CCNC(=NC)NCc1cccs1.I. The van der Waals surface area contributed by atoms with Crippen LogP contribution in [-0.2, 0) is 6.54 Å². The van der Waals surface area contributed by atoms with Gasteiger partial charge in [-0.15, -0.1) is 41.9 Å². The van der Waals surface area contributed by atoms with Crippen molar-refractivity contribution in [3.05, 3.63) is 35.0 Å². The number of hydrogen-bond acceptors (Lipinski definition) is 2. The molecule has 0 amide bonds. The molecule has 1 aromatic heterocycles. The Balaban J connectivity index is 0.00000196. The molecule has 1 aromatic rings. The van der Waals surface area contributed by atoms with E-state index in [2.05, 4.69) is 33.7 Å². The number of nitrogens with one attached hydrogen (secondary N) is 2. The Labute approximate surface area is 112 Å². The third-order valence-electron chi connectivity index (χ3n) is 1.65. The van der Waals surface area contributed by atoms with Gasteiger partial charge in [-0.3, -0.25) is 4.99 Å². The van der Waals surface area contributed by atoms with Crippen molar-refractivity contribution in [1.29, 1.82) is 0 Å². The first-order valence-electron chi connectivity index (χ1n) is 4.44. The van der Waals surface area contributed by atoms with Gasteiger partial charge in [0.1, 0.15) is 0 Å². The van der Waals surface area contributed by atoms with E-state index in [1.807, 2.05) is 6.07 Å². The first kappa shape index (κ1) is 14.4. The summed E-state index contributed by atoms with van der Waals surface area (Å²) < 4.78 is 0. The Morgan fingerprint density at radius 2 is 2.40 bits per heavy atom. The number of rotatable bonds is 4. The number of aliphatic imine (C=N–C) groups is 1. The number of hydrogen-bond donors (Lipinski definition) is 2. The van der Waals surface area contributed by atoms with Crippen LogP contribution in [0.3, 0.4) is 0 Å². The van der Waals surface area contributed by atoms with Crippen molar-refractivity contribution in [2.45, 2.75) is 6.54 Å². The van der Waals surface area contributed by atoms with E-state index in [4.69, 9.17) is 0 Å². The van der Waals surface area contributed by atoms with Crippen LogP contribution < -0.4 is 10.6 Å². The summed E-state index contributed by atoms with van der Waals surface area (Å²) in [5.74, 6) is 0.804. The van der Waals surface area contributed by atoms with Gasteiger partial charge in [-0.25, -0.2) is 0 Å². The van der Waals surface area contributed by atoms with Crippen LogP contribution in [0.4, 0.5) is 0 Å². The molecule has 0 saturated heterocycles. The van der Waals surface area contributed by atoms with Crippen molar-refractivity contribution in [3.8, 4) is 0 Å². The summed E-state index contributed by atoms with van der Waals surface area (Å²) in [7, 11) is 1.76. The zero-order valence-corrected chi connectivity index (χ0v) is 11.8. The molecule has 5 heteroatoms. The Kier molecular flexibility index (Phi) is 8.40. The zero-order valence-electron chi connectivity index (χ0n) is 8.69. The normalized spacial score (nSPS) is 10.3. The molecule has 1 heterocycles. The second-order valence-electron chi connectivity index (χ2n) is 2.67. The molecule has 0 bridgehead atoms. The second-order valence-corrected chi connectivity index (χ2v) is 3.71. The number of nitrogens with zero attached hydrogens (tertiary/aromatic N) is 1. The summed E-state index contributed by atoms with van der Waals surface area (Å²) in [4.78, 5) is 5.37. The van der Waals surface area contributed by atoms with E-state index in [0.717, 1.165) is 19.0 Å². The van der Waals surface area contributed by atoms with Crippen LogP contribution in [0.1, 0.15) is 4.88 Å². The summed E-state index contributed by atoms with van der Waals surface area (Å²) in [6.07, 6.45) is 1.80. The lowest BCUT2D eigenvalue weighted by molar-refractivity contribution is 0.858. The molecule has 0 aliphatic carbocycles. The fourth-order valence-electron chi connectivity index (χ4n) is 0.973. The van der Waals surface area contributed by atoms with Crippen LogP contribution in [0, 0.1) is 0 Å². The van der Waals surface area contributed by atoms with Gasteiger partial charge in [0, 0.05) is 18.5 Å². The Bertz CT molecular complexity index is 296. The van der Waals surface area contributed by atoms with Gasteiger partial charge in [-0.1, -0.05) is 12.1 Å². The van der Waals surface area contributed by atoms with Crippen molar-refractivity contribution in [3.63, 3.8) is 0 Å². The van der Waals surface area contributed by atoms with Crippen molar-refractivity contribution in [2.75, 3.05) is 13.6 Å². The molecular formula is C10H16IN3S. The highest BCUT2D eigenvalue weighted by molar-refractivity contribution is 14.0. The van der Waals surface area contributed by atoms with Gasteiger partial charge in [-0.05, 0) is 11.4 Å². The molecule has 0 aliphatic heterocycles. The number of thiophene rings is 1. The summed E-state index contributed by atoms with van der Waals surface area (Å²) in [5.41, 5.74) is 0. The minimum atomic E-state index is 0. The van der Waals surface area contributed by atoms with E-state index < -0.39 is 0 Å². The van der Waals surface area contributed by atoms with Crippen molar-refractivity contribution in [2.24, 2.45) is 4.99 Å². The van der Waals surface area contributed by atoms with Crippen LogP contribution in [0.5, 0.6) is 0 Å². The molecular weight excluding hydrogens is 321 g/mol. The molecule has 1 rings (SSSR count). The quantitative estimate of drug-likeness (QED) is 0.383. The molecule has 2 N–H and O–H groups in total. The number of guanidine groups is 1. The largest absolute Gasteiger partial charge is 0.353 e. The fraction of sp³-hybridized carbons (Fsp3) is 0.300. The Morgan fingerprint density at radius 3 is 2.93 bits per heavy atom. The van der Waals surface area contributed by atoms with Crippen LogP contribution in [-0.4, -0.2) is 19.6 Å². The molecule has 84 valence electrons. The van der Waals surface area contributed by atoms with Gasteiger partial charge in [0.25, 0.3) is 0 Å². The lowest BCUT2D eigenvalue weighted by Crippen LogP contribution is -2.36. The summed E-state index contributed by atoms with van der Waals surface area (Å²) >= 11 is 1.73. The highest BCUT2D eigenvalue weighted by Gasteiger charge is 1.96. The maximum atomic E-state index is 4.08. The van der Waals surface area contributed by atoms with Crippen LogP contribution in [0.2, 0.25) is 0 Å². The monoisotopic (exact) mass is 337 g/mol. The lowest BCUT2D eigenvalue weighted by Gasteiger charge is -2.08. The van der Waals surface area contributed by atoms with Gasteiger partial charge in [-0.2, -0.15) is 0 Å². The zero-order chi connectivity index (χ0) is 10.2. The third kappa shape index (κ3) is 5.78. The minimum absolute atomic E-state index is 0. The van der Waals surface area contributed by atoms with E-state index in [1.54, 1.807) is 24.5 Å². The molecule has 0 fully saturated rings. The fourth-order valence-corrected chi connectivity index (χ4v) is 1.62. The third-order valence-corrected chi connectivity index (χ3v) is 2.52. The first-order valence-corrected chi connectivity index (χ1v) is 5.32. The Morgan fingerprint density at radius 1 is 1.60 bits per heavy atom. The first-order chi connectivity index (χ1) is 6.86. The molecule has 0 saturated carbocycles. The average molecular weight is 337 g/mol. The van der Waals surface area contributed by atoms with E-state index >= 15 is 0 Å². The predicted octanol–water partition coefficient (Wildman–Crippen LogP) is 2.22. The van der Waals surface area contributed by atoms with Gasteiger partial charge < -0.3 is 10.6 Å². The molecule has 15 heavy (non-hydrogen) atoms. The topological polar surface area (TPSA) is 36.4 Å². The van der Waals surface area contributed by atoms with Crippen molar-refractivity contribution in [1.82, 2.24) is 10.6 Å².